The number of phenols is 1. The molecule has 5 rings (SSSR count). The van der Waals surface area contributed by atoms with E-state index in [2.05, 4.69) is 20.8 Å². The van der Waals surface area contributed by atoms with Crippen LogP contribution in [0.4, 0.5) is 0 Å². The van der Waals surface area contributed by atoms with Gasteiger partial charge < -0.3 is 23.9 Å². The van der Waals surface area contributed by atoms with Crippen LogP contribution >= 0.6 is 15.9 Å². The third-order valence-corrected chi connectivity index (χ3v) is 7.53. The minimum Gasteiger partial charge on any atom is -0.503 e. The summed E-state index contributed by atoms with van der Waals surface area (Å²) in [7, 11) is 1.46. The zero-order valence-electron chi connectivity index (χ0n) is 19.9. The van der Waals surface area contributed by atoms with E-state index in [9.17, 15) is 14.7 Å². The zero-order chi connectivity index (χ0) is 24.9. The topological polar surface area (TPSA) is 92.5 Å². The summed E-state index contributed by atoms with van der Waals surface area (Å²) in [5, 5.41) is 10.8. The lowest BCUT2D eigenvalue weighted by atomic mass is 9.97. The van der Waals surface area contributed by atoms with Gasteiger partial charge in [0.05, 0.1) is 41.8 Å². The van der Waals surface area contributed by atoms with Crippen molar-refractivity contribution in [3.63, 3.8) is 0 Å². The van der Waals surface area contributed by atoms with Crippen molar-refractivity contribution in [3.05, 3.63) is 67.0 Å². The summed E-state index contributed by atoms with van der Waals surface area (Å²) in [6, 6.07) is 6.34. The molecule has 184 valence electrons. The SMILES string of the molecule is COc1cc(C2c3c(oc4cc(C)c(C)cc4c3=O)C(=O)N2CCN2CCOCC2)cc(Br)c1O. The van der Waals surface area contributed by atoms with Crippen molar-refractivity contribution in [1.29, 1.82) is 0 Å². The van der Waals surface area contributed by atoms with E-state index in [-0.39, 0.29) is 28.6 Å². The van der Waals surface area contributed by atoms with Gasteiger partial charge in [0.2, 0.25) is 5.76 Å². The van der Waals surface area contributed by atoms with Crippen LogP contribution in [-0.4, -0.2) is 67.3 Å². The van der Waals surface area contributed by atoms with Crippen molar-refractivity contribution in [2.75, 3.05) is 46.5 Å². The number of benzene rings is 2. The molecule has 1 amide bonds. The van der Waals surface area contributed by atoms with Crippen molar-refractivity contribution >= 4 is 32.8 Å². The maximum absolute atomic E-state index is 13.8. The number of nitrogens with zero attached hydrogens (tertiary/aromatic N) is 2. The fraction of sp³-hybridized carbons (Fsp3) is 0.385. The number of carbonyl (C=O) groups excluding carboxylic acids is 1. The summed E-state index contributed by atoms with van der Waals surface area (Å²) in [5.74, 6) is -0.0445. The number of ether oxygens (including phenoxy) is 2. The number of amides is 1. The Labute approximate surface area is 211 Å². The predicted molar refractivity (Wildman–Crippen MR) is 134 cm³/mol. The number of morpholine rings is 1. The minimum atomic E-state index is -0.674. The van der Waals surface area contributed by atoms with Gasteiger partial charge in [0.1, 0.15) is 5.58 Å². The molecular weight excluding hydrogens is 516 g/mol. The predicted octanol–water partition coefficient (Wildman–Crippen LogP) is 3.76. The normalized spacial score (nSPS) is 18.3. The first-order valence-corrected chi connectivity index (χ1v) is 12.3. The fourth-order valence-electron chi connectivity index (χ4n) is 4.83. The summed E-state index contributed by atoms with van der Waals surface area (Å²) in [5.41, 5.74) is 3.11. The smallest absolute Gasteiger partial charge is 0.290 e. The number of fused-ring (bicyclic) bond motifs is 2. The van der Waals surface area contributed by atoms with Gasteiger partial charge in [-0.05, 0) is 70.7 Å². The van der Waals surface area contributed by atoms with Gasteiger partial charge in [0.25, 0.3) is 5.91 Å². The molecule has 0 aliphatic carbocycles. The molecule has 1 saturated heterocycles. The highest BCUT2D eigenvalue weighted by atomic mass is 79.9. The second kappa shape index (κ2) is 9.29. The van der Waals surface area contributed by atoms with Crippen LogP contribution in [0.25, 0.3) is 11.0 Å². The van der Waals surface area contributed by atoms with Gasteiger partial charge in [0, 0.05) is 26.2 Å². The Morgan fingerprint density at radius 1 is 1.09 bits per heavy atom. The molecule has 0 saturated carbocycles. The van der Waals surface area contributed by atoms with Gasteiger partial charge in [-0.2, -0.15) is 0 Å². The molecule has 0 bridgehead atoms. The standard InChI is InChI=1S/C26H27BrN2O6/c1-14-10-17-19(11-15(14)2)35-25-21(23(17)30)22(16-12-18(27)24(31)20(13-16)33-3)29(26(25)32)5-4-28-6-8-34-9-7-28/h10-13,22,31H,4-9H2,1-3H3. The fourth-order valence-corrected chi connectivity index (χ4v) is 5.29. The average molecular weight is 543 g/mol. The lowest BCUT2D eigenvalue weighted by Gasteiger charge is -2.31. The molecule has 3 aromatic rings. The Bertz CT molecular complexity index is 1380. The average Bonchev–Trinajstić information content (AvgIpc) is 3.13. The van der Waals surface area contributed by atoms with Crippen molar-refractivity contribution in [1.82, 2.24) is 9.80 Å². The van der Waals surface area contributed by atoms with Crippen molar-refractivity contribution in [2.24, 2.45) is 0 Å². The highest BCUT2D eigenvalue weighted by molar-refractivity contribution is 9.10. The van der Waals surface area contributed by atoms with Gasteiger partial charge in [-0.25, -0.2) is 0 Å². The number of aryl methyl sites for hydroxylation is 2. The molecule has 1 fully saturated rings. The Balaban J connectivity index is 1.67. The van der Waals surface area contributed by atoms with Gasteiger partial charge in [-0.3, -0.25) is 14.5 Å². The van der Waals surface area contributed by atoms with E-state index < -0.39 is 6.04 Å². The van der Waals surface area contributed by atoms with Crippen molar-refractivity contribution in [3.8, 4) is 11.5 Å². The van der Waals surface area contributed by atoms with Crippen molar-refractivity contribution < 1.29 is 23.8 Å². The third-order valence-electron chi connectivity index (χ3n) is 6.93. The van der Waals surface area contributed by atoms with Crippen LogP contribution in [0, 0.1) is 13.8 Å². The number of halogens is 1. The summed E-state index contributed by atoms with van der Waals surface area (Å²) in [4.78, 5) is 31.4. The summed E-state index contributed by atoms with van der Waals surface area (Å²) < 4.78 is 17.3. The second-order valence-electron chi connectivity index (χ2n) is 9.02. The first kappa shape index (κ1) is 23.8. The number of carbonyl (C=O) groups is 1. The van der Waals surface area contributed by atoms with Gasteiger partial charge >= 0.3 is 0 Å². The lowest BCUT2D eigenvalue weighted by molar-refractivity contribution is 0.0314. The molecule has 0 spiro atoms. The van der Waals surface area contributed by atoms with Crippen molar-refractivity contribution in [2.45, 2.75) is 19.9 Å². The Morgan fingerprint density at radius 2 is 1.80 bits per heavy atom. The first-order valence-electron chi connectivity index (χ1n) is 11.6. The number of methoxy groups -OCH3 is 1. The zero-order valence-corrected chi connectivity index (χ0v) is 21.5. The Hall–Kier alpha value is -2.88. The number of hydrogen-bond donors (Lipinski definition) is 1. The molecule has 8 nitrogen and oxygen atoms in total. The van der Waals surface area contributed by atoms with Gasteiger partial charge in [0.15, 0.2) is 16.9 Å². The van der Waals surface area contributed by atoms with Crippen LogP contribution in [0.2, 0.25) is 0 Å². The van der Waals surface area contributed by atoms with E-state index in [4.69, 9.17) is 13.9 Å². The van der Waals surface area contributed by atoms with E-state index in [1.807, 2.05) is 26.0 Å². The second-order valence-corrected chi connectivity index (χ2v) is 9.87. The van der Waals surface area contributed by atoms with Gasteiger partial charge in [-0.15, -0.1) is 0 Å². The highest BCUT2D eigenvalue weighted by Crippen LogP contribution is 2.43. The molecule has 1 aromatic heterocycles. The lowest BCUT2D eigenvalue weighted by Crippen LogP contribution is -2.42. The first-order chi connectivity index (χ1) is 16.8. The van der Waals surface area contributed by atoms with E-state index in [1.54, 1.807) is 17.0 Å². The number of phenolic OH excluding ortho intramolecular Hbond substituents is 1. The van der Waals surface area contributed by atoms with Gasteiger partial charge in [-0.1, -0.05) is 0 Å². The number of hydrogen-bond acceptors (Lipinski definition) is 7. The van der Waals surface area contributed by atoms with E-state index >= 15 is 0 Å². The maximum atomic E-state index is 13.8. The van der Waals surface area contributed by atoms with Crippen LogP contribution < -0.4 is 10.2 Å². The molecule has 0 radical (unpaired) electrons. The summed E-state index contributed by atoms with van der Waals surface area (Å²) >= 11 is 3.38. The largest absolute Gasteiger partial charge is 0.503 e. The molecule has 2 aliphatic heterocycles. The summed E-state index contributed by atoms with van der Waals surface area (Å²) in [6.45, 7) is 7.83. The Morgan fingerprint density at radius 3 is 2.51 bits per heavy atom. The van der Waals surface area contributed by atoms with E-state index in [0.717, 1.165) is 24.2 Å². The minimum absolute atomic E-state index is 0.0442. The van der Waals surface area contributed by atoms with Crippen LogP contribution in [0.15, 0.2) is 37.9 Å². The third kappa shape index (κ3) is 4.11. The maximum Gasteiger partial charge on any atom is 0.290 e. The van der Waals surface area contributed by atoms with E-state index in [0.29, 0.717) is 52.9 Å². The number of rotatable bonds is 5. The molecular formula is C26H27BrN2O6. The summed E-state index contributed by atoms with van der Waals surface area (Å²) in [6.07, 6.45) is 0. The molecule has 1 unspecified atom stereocenters. The molecule has 1 atom stereocenters. The number of aromatic hydroxyl groups is 1. The molecule has 9 heteroatoms. The molecule has 2 aromatic carbocycles. The van der Waals surface area contributed by atoms with Crippen LogP contribution in [-0.2, 0) is 4.74 Å². The highest BCUT2D eigenvalue weighted by Gasteiger charge is 2.43. The van der Waals surface area contributed by atoms with Crippen LogP contribution in [0.5, 0.6) is 11.5 Å². The quantitative estimate of drug-likeness (QED) is 0.524. The van der Waals surface area contributed by atoms with Crippen LogP contribution in [0.1, 0.15) is 38.9 Å². The molecule has 2 aliphatic rings. The molecule has 35 heavy (non-hydrogen) atoms. The monoisotopic (exact) mass is 542 g/mol. The molecule has 3 heterocycles. The Kier molecular flexibility index (Phi) is 6.33. The van der Waals surface area contributed by atoms with E-state index in [1.165, 1.54) is 7.11 Å². The van der Waals surface area contributed by atoms with Crippen LogP contribution in [0.3, 0.4) is 0 Å². The molecule has 1 N–H and O–H groups in total.